The van der Waals surface area contributed by atoms with E-state index in [1.165, 1.54) is 0 Å². The molecular weight excluding hydrogens is 182 g/mol. The van der Waals surface area contributed by atoms with Crippen LogP contribution in [0, 0.1) is 0 Å². The van der Waals surface area contributed by atoms with Crippen LogP contribution in [-0.2, 0) is 4.79 Å². The highest BCUT2D eigenvalue weighted by molar-refractivity contribution is 5.81. The van der Waals surface area contributed by atoms with E-state index in [4.69, 9.17) is 0 Å². The van der Waals surface area contributed by atoms with Gasteiger partial charge in [0.2, 0.25) is 0 Å². The van der Waals surface area contributed by atoms with E-state index in [9.17, 15) is 9.90 Å². The zero-order valence-electron chi connectivity index (χ0n) is 8.55. The number of nitrogens with one attached hydrogen (secondary N) is 3. The van der Waals surface area contributed by atoms with Crippen molar-refractivity contribution >= 4 is 5.91 Å². The van der Waals surface area contributed by atoms with Gasteiger partial charge in [0.05, 0.1) is 6.04 Å². The fraction of sp³-hybridized carbons (Fsp3) is 0.889. The molecule has 2 atom stereocenters. The Hall–Kier alpha value is -0.650. The molecule has 1 aliphatic heterocycles. The Morgan fingerprint density at radius 3 is 3.00 bits per heavy atom. The highest BCUT2D eigenvalue weighted by Crippen LogP contribution is 1.96. The molecular formula is C9H19N3O2. The van der Waals surface area contributed by atoms with E-state index in [0.717, 1.165) is 19.5 Å². The normalized spacial score (nSPS) is 24.3. The van der Waals surface area contributed by atoms with Gasteiger partial charge < -0.3 is 21.1 Å². The third-order valence-corrected chi connectivity index (χ3v) is 2.27. The zero-order chi connectivity index (χ0) is 10.4. The molecule has 0 radical (unpaired) electrons. The Morgan fingerprint density at radius 2 is 2.43 bits per heavy atom. The SMILES string of the molecule is CCCNC(=O)C(O)C1CNCCN1. The third kappa shape index (κ3) is 3.25. The molecule has 14 heavy (non-hydrogen) atoms. The van der Waals surface area contributed by atoms with Crippen molar-refractivity contribution in [2.75, 3.05) is 26.2 Å². The van der Waals surface area contributed by atoms with Crippen LogP contribution in [0.2, 0.25) is 0 Å². The summed E-state index contributed by atoms with van der Waals surface area (Å²) in [5.74, 6) is -0.284. The summed E-state index contributed by atoms with van der Waals surface area (Å²) in [4.78, 5) is 11.4. The number of amides is 1. The lowest BCUT2D eigenvalue weighted by molar-refractivity contribution is -0.130. The number of piperazine rings is 1. The largest absolute Gasteiger partial charge is 0.382 e. The van der Waals surface area contributed by atoms with Gasteiger partial charge in [-0.1, -0.05) is 6.92 Å². The van der Waals surface area contributed by atoms with Gasteiger partial charge in [-0.3, -0.25) is 4.79 Å². The van der Waals surface area contributed by atoms with Crippen molar-refractivity contribution < 1.29 is 9.90 Å². The molecule has 1 heterocycles. The smallest absolute Gasteiger partial charge is 0.250 e. The van der Waals surface area contributed by atoms with Crippen molar-refractivity contribution in [3.63, 3.8) is 0 Å². The number of hydrogen-bond donors (Lipinski definition) is 4. The van der Waals surface area contributed by atoms with E-state index in [1.807, 2.05) is 6.92 Å². The average molecular weight is 201 g/mol. The lowest BCUT2D eigenvalue weighted by Crippen LogP contribution is -2.58. The van der Waals surface area contributed by atoms with Crippen LogP contribution in [0.5, 0.6) is 0 Å². The van der Waals surface area contributed by atoms with Crippen LogP contribution in [-0.4, -0.2) is 49.3 Å². The molecule has 1 saturated heterocycles. The first kappa shape index (κ1) is 11.4. The van der Waals surface area contributed by atoms with Gasteiger partial charge in [-0.15, -0.1) is 0 Å². The quantitative estimate of drug-likeness (QED) is 0.444. The van der Waals surface area contributed by atoms with E-state index >= 15 is 0 Å². The maximum atomic E-state index is 11.4. The number of carbonyl (C=O) groups is 1. The summed E-state index contributed by atoms with van der Waals surface area (Å²) >= 11 is 0. The number of carbonyl (C=O) groups excluding carboxylic acids is 1. The van der Waals surface area contributed by atoms with Crippen molar-refractivity contribution in [2.24, 2.45) is 0 Å². The molecule has 0 aromatic rings. The van der Waals surface area contributed by atoms with Crippen molar-refractivity contribution in [1.29, 1.82) is 0 Å². The molecule has 0 spiro atoms. The molecule has 1 amide bonds. The summed E-state index contributed by atoms with van der Waals surface area (Å²) in [5, 5.41) is 18.6. The number of aliphatic hydroxyl groups excluding tert-OH is 1. The van der Waals surface area contributed by atoms with Crippen LogP contribution in [0.25, 0.3) is 0 Å². The van der Waals surface area contributed by atoms with Gasteiger partial charge >= 0.3 is 0 Å². The molecule has 5 nitrogen and oxygen atoms in total. The van der Waals surface area contributed by atoms with E-state index in [1.54, 1.807) is 0 Å². The monoisotopic (exact) mass is 201 g/mol. The van der Waals surface area contributed by atoms with Gasteiger partial charge in [0, 0.05) is 26.2 Å². The maximum absolute atomic E-state index is 11.4. The molecule has 1 fully saturated rings. The van der Waals surface area contributed by atoms with Crippen LogP contribution in [0.15, 0.2) is 0 Å². The van der Waals surface area contributed by atoms with Crippen molar-refractivity contribution in [3.05, 3.63) is 0 Å². The van der Waals surface area contributed by atoms with Gasteiger partial charge in [0.15, 0.2) is 0 Å². The van der Waals surface area contributed by atoms with Crippen LogP contribution in [0.1, 0.15) is 13.3 Å². The van der Waals surface area contributed by atoms with Crippen LogP contribution in [0.4, 0.5) is 0 Å². The van der Waals surface area contributed by atoms with Gasteiger partial charge in [0.25, 0.3) is 5.91 Å². The third-order valence-electron chi connectivity index (χ3n) is 2.27. The summed E-state index contributed by atoms with van der Waals surface area (Å²) in [6.07, 6.45) is -0.0659. The lowest BCUT2D eigenvalue weighted by atomic mass is 10.1. The van der Waals surface area contributed by atoms with Crippen LogP contribution in [0.3, 0.4) is 0 Å². The highest BCUT2D eigenvalue weighted by Gasteiger charge is 2.26. The molecule has 1 aliphatic rings. The van der Waals surface area contributed by atoms with Crippen LogP contribution < -0.4 is 16.0 Å². The number of rotatable bonds is 4. The fourth-order valence-corrected chi connectivity index (χ4v) is 1.43. The molecule has 0 aromatic carbocycles. The molecule has 4 N–H and O–H groups in total. The summed E-state index contributed by atoms with van der Waals surface area (Å²) in [7, 11) is 0. The Kier molecular flexibility index (Phi) is 4.86. The minimum atomic E-state index is -0.950. The van der Waals surface area contributed by atoms with Gasteiger partial charge in [-0.05, 0) is 6.42 Å². The second-order valence-electron chi connectivity index (χ2n) is 3.50. The topological polar surface area (TPSA) is 73.4 Å². The second kappa shape index (κ2) is 5.95. The summed E-state index contributed by atoms with van der Waals surface area (Å²) in [6, 6.07) is -0.166. The van der Waals surface area contributed by atoms with Crippen molar-refractivity contribution in [1.82, 2.24) is 16.0 Å². The molecule has 0 bridgehead atoms. The summed E-state index contributed by atoms with van der Waals surface area (Å²) < 4.78 is 0. The Morgan fingerprint density at radius 1 is 1.64 bits per heavy atom. The molecule has 2 unspecified atom stereocenters. The van der Waals surface area contributed by atoms with Gasteiger partial charge in [-0.25, -0.2) is 0 Å². The number of aliphatic hydroxyl groups is 1. The number of hydrogen-bond acceptors (Lipinski definition) is 4. The summed E-state index contributed by atoms with van der Waals surface area (Å²) in [6.45, 7) is 4.92. The molecule has 1 rings (SSSR count). The standard InChI is InChI=1S/C9H19N3O2/c1-2-3-12-9(14)8(13)7-6-10-4-5-11-7/h7-8,10-11,13H,2-6H2,1H3,(H,12,14). The van der Waals surface area contributed by atoms with E-state index in [0.29, 0.717) is 13.1 Å². The molecule has 82 valence electrons. The summed E-state index contributed by atoms with van der Waals surface area (Å²) in [5.41, 5.74) is 0. The van der Waals surface area contributed by atoms with E-state index in [2.05, 4.69) is 16.0 Å². The molecule has 0 aliphatic carbocycles. The predicted octanol–water partition coefficient (Wildman–Crippen LogP) is -1.57. The van der Waals surface area contributed by atoms with Gasteiger partial charge in [-0.2, -0.15) is 0 Å². The maximum Gasteiger partial charge on any atom is 0.250 e. The first-order chi connectivity index (χ1) is 6.75. The highest BCUT2D eigenvalue weighted by atomic mass is 16.3. The van der Waals surface area contributed by atoms with E-state index < -0.39 is 6.10 Å². The first-order valence-corrected chi connectivity index (χ1v) is 5.15. The Balaban J connectivity index is 2.30. The Labute approximate surface area is 84.3 Å². The van der Waals surface area contributed by atoms with Crippen molar-refractivity contribution in [2.45, 2.75) is 25.5 Å². The minimum absolute atomic E-state index is 0.166. The molecule has 5 heteroatoms. The minimum Gasteiger partial charge on any atom is -0.382 e. The van der Waals surface area contributed by atoms with E-state index in [-0.39, 0.29) is 11.9 Å². The first-order valence-electron chi connectivity index (χ1n) is 5.15. The molecule has 0 saturated carbocycles. The lowest BCUT2D eigenvalue weighted by Gasteiger charge is -2.27. The van der Waals surface area contributed by atoms with Crippen molar-refractivity contribution in [3.8, 4) is 0 Å². The predicted molar refractivity (Wildman–Crippen MR) is 54.0 cm³/mol. The van der Waals surface area contributed by atoms with Crippen LogP contribution >= 0.6 is 0 Å². The zero-order valence-corrected chi connectivity index (χ0v) is 8.55. The van der Waals surface area contributed by atoms with Gasteiger partial charge in [0.1, 0.15) is 6.10 Å². The second-order valence-corrected chi connectivity index (χ2v) is 3.50. The Bertz CT molecular complexity index is 181. The molecule has 0 aromatic heterocycles. The average Bonchev–Trinajstić information content (AvgIpc) is 2.26. The fourth-order valence-electron chi connectivity index (χ4n) is 1.43.